The Morgan fingerprint density at radius 1 is 1.19 bits per heavy atom. The van der Waals surface area contributed by atoms with E-state index in [2.05, 4.69) is 6.92 Å². The Morgan fingerprint density at radius 3 is 2.19 bits per heavy atom. The van der Waals surface area contributed by atoms with E-state index in [0.29, 0.717) is 0 Å². The summed E-state index contributed by atoms with van der Waals surface area (Å²) in [4.78, 5) is 0. The van der Waals surface area contributed by atoms with E-state index in [1.807, 2.05) is 30.0 Å². The van der Waals surface area contributed by atoms with Gasteiger partial charge in [0.1, 0.15) is 11.5 Å². The normalized spacial score (nSPS) is 12.2. The first-order valence-electron chi connectivity index (χ1n) is 5.27. The van der Waals surface area contributed by atoms with Crippen LogP contribution < -0.4 is 15.2 Å². The minimum Gasteiger partial charge on any atom is -0.497 e. The molecule has 0 aliphatic heterocycles. The van der Waals surface area contributed by atoms with Crippen molar-refractivity contribution < 1.29 is 9.47 Å². The molecule has 3 nitrogen and oxygen atoms in total. The first-order chi connectivity index (χ1) is 7.71. The van der Waals surface area contributed by atoms with Crippen molar-refractivity contribution in [3.8, 4) is 11.5 Å². The lowest BCUT2D eigenvalue weighted by Gasteiger charge is -2.14. The van der Waals surface area contributed by atoms with Gasteiger partial charge in [0.2, 0.25) is 0 Å². The predicted molar refractivity (Wildman–Crippen MR) is 69.5 cm³/mol. The van der Waals surface area contributed by atoms with Gasteiger partial charge < -0.3 is 15.2 Å². The SMILES string of the molecule is CCSCC(N)c1cc(OC)cc(OC)c1. The summed E-state index contributed by atoms with van der Waals surface area (Å²) < 4.78 is 10.4. The van der Waals surface area contributed by atoms with Crippen LogP contribution in [0.25, 0.3) is 0 Å². The van der Waals surface area contributed by atoms with E-state index in [4.69, 9.17) is 15.2 Å². The summed E-state index contributed by atoms with van der Waals surface area (Å²) in [6.45, 7) is 2.13. The molecule has 1 aromatic carbocycles. The molecule has 1 aromatic rings. The molecule has 0 fully saturated rings. The third kappa shape index (κ3) is 3.61. The lowest BCUT2D eigenvalue weighted by Crippen LogP contribution is -2.13. The molecule has 0 saturated heterocycles. The highest BCUT2D eigenvalue weighted by molar-refractivity contribution is 7.99. The summed E-state index contributed by atoms with van der Waals surface area (Å²) in [6, 6.07) is 5.80. The second kappa shape index (κ2) is 6.66. The van der Waals surface area contributed by atoms with Crippen molar-refractivity contribution in [3.63, 3.8) is 0 Å². The van der Waals surface area contributed by atoms with E-state index in [9.17, 15) is 0 Å². The molecule has 2 N–H and O–H groups in total. The maximum Gasteiger partial charge on any atom is 0.122 e. The third-order valence-corrected chi connectivity index (χ3v) is 3.31. The lowest BCUT2D eigenvalue weighted by molar-refractivity contribution is 0.393. The molecule has 1 atom stereocenters. The average Bonchev–Trinajstić information content (AvgIpc) is 2.35. The Balaban J connectivity index is 2.85. The van der Waals surface area contributed by atoms with Crippen molar-refractivity contribution in [3.05, 3.63) is 23.8 Å². The molecule has 0 aliphatic rings. The molecule has 90 valence electrons. The number of nitrogens with two attached hydrogens (primary N) is 1. The van der Waals surface area contributed by atoms with Crippen LogP contribution >= 0.6 is 11.8 Å². The van der Waals surface area contributed by atoms with Gasteiger partial charge in [0.15, 0.2) is 0 Å². The Morgan fingerprint density at radius 2 is 1.75 bits per heavy atom. The highest BCUT2D eigenvalue weighted by Gasteiger charge is 2.09. The number of benzene rings is 1. The van der Waals surface area contributed by atoms with E-state index in [1.165, 1.54) is 0 Å². The second-order valence-corrected chi connectivity index (χ2v) is 4.73. The van der Waals surface area contributed by atoms with Crippen LogP contribution in [0.2, 0.25) is 0 Å². The highest BCUT2D eigenvalue weighted by atomic mass is 32.2. The first kappa shape index (κ1) is 13.2. The van der Waals surface area contributed by atoms with E-state index in [0.717, 1.165) is 28.6 Å². The maximum absolute atomic E-state index is 6.10. The molecule has 1 rings (SSSR count). The number of rotatable bonds is 6. The topological polar surface area (TPSA) is 44.5 Å². The second-order valence-electron chi connectivity index (χ2n) is 3.41. The Hall–Kier alpha value is -0.870. The van der Waals surface area contributed by atoms with Crippen LogP contribution in [0.5, 0.6) is 11.5 Å². The zero-order chi connectivity index (χ0) is 12.0. The quantitative estimate of drug-likeness (QED) is 0.831. The van der Waals surface area contributed by atoms with Gasteiger partial charge in [-0.15, -0.1) is 0 Å². The molecule has 0 bridgehead atoms. The Bertz CT molecular complexity index is 309. The van der Waals surface area contributed by atoms with Crippen molar-refractivity contribution in [1.82, 2.24) is 0 Å². The van der Waals surface area contributed by atoms with Crippen molar-refractivity contribution in [2.75, 3.05) is 25.7 Å². The van der Waals surface area contributed by atoms with Crippen LogP contribution in [-0.4, -0.2) is 25.7 Å². The fraction of sp³-hybridized carbons (Fsp3) is 0.500. The van der Waals surface area contributed by atoms with E-state index in [1.54, 1.807) is 14.2 Å². The van der Waals surface area contributed by atoms with E-state index >= 15 is 0 Å². The molecule has 0 amide bonds. The molecular weight excluding hydrogens is 222 g/mol. The van der Waals surface area contributed by atoms with Crippen LogP contribution in [0, 0.1) is 0 Å². The van der Waals surface area contributed by atoms with Crippen LogP contribution in [0.1, 0.15) is 18.5 Å². The predicted octanol–water partition coefficient (Wildman–Crippen LogP) is 2.46. The van der Waals surface area contributed by atoms with Gasteiger partial charge in [-0.2, -0.15) is 11.8 Å². The van der Waals surface area contributed by atoms with Crippen LogP contribution in [0.4, 0.5) is 0 Å². The molecule has 1 unspecified atom stereocenters. The van der Waals surface area contributed by atoms with E-state index < -0.39 is 0 Å². The van der Waals surface area contributed by atoms with Gasteiger partial charge in [-0.1, -0.05) is 6.92 Å². The van der Waals surface area contributed by atoms with Crippen molar-refractivity contribution in [2.45, 2.75) is 13.0 Å². The number of methoxy groups -OCH3 is 2. The summed E-state index contributed by atoms with van der Waals surface area (Å²) in [7, 11) is 3.29. The van der Waals surface area contributed by atoms with Gasteiger partial charge in [-0.25, -0.2) is 0 Å². The number of ether oxygens (including phenoxy) is 2. The molecule has 16 heavy (non-hydrogen) atoms. The van der Waals surface area contributed by atoms with Crippen molar-refractivity contribution >= 4 is 11.8 Å². The average molecular weight is 241 g/mol. The van der Waals surface area contributed by atoms with Gasteiger partial charge in [0.25, 0.3) is 0 Å². The molecule has 0 radical (unpaired) electrons. The van der Waals surface area contributed by atoms with Crippen molar-refractivity contribution in [2.24, 2.45) is 5.73 Å². The van der Waals surface area contributed by atoms with Gasteiger partial charge in [0.05, 0.1) is 14.2 Å². The minimum atomic E-state index is 0.0222. The summed E-state index contributed by atoms with van der Waals surface area (Å²) in [5.41, 5.74) is 7.15. The van der Waals surface area contributed by atoms with Gasteiger partial charge in [-0.3, -0.25) is 0 Å². The summed E-state index contributed by atoms with van der Waals surface area (Å²) in [5, 5.41) is 0. The maximum atomic E-state index is 6.10. The first-order valence-corrected chi connectivity index (χ1v) is 6.43. The zero-order valence-electron chi connectivity index (χ0n) is 10.0. The fourth-order valence-corrected chi connectivity index (χ4v) is 2.07. The summed E-state index contributed by atoms with van der Waals surface area (Å²) in [5.74, 6) is 3.55. The monoisotopic (exact) mass is 241 g/mol. The molecule has 4 heteroatoms. The summed E-state index contributed by atoms with van der Waals surface area (Å²) in [6.07, 6.45) is 0. The van der Waals surface area contributed by atoms with Crippen LogP contribution in [0.3, 0.4) is 0 Å². The number of hydrogen-bond acceptors (Lipinski definition) is 4. The third-order valence-electron chi connectivity index (χ3n) is 2.30. The minimum absolute atomic E-state index is 0.0222. The van der Waals surface area contributed by atoms with Crippen LogP contribution in [-0.2, 0) is 0 Å². The molecule has 0 spiro atoms. The molecule has 0 heterocycles. The lowest BCUT2D eigenvalue weighted by atomic mass is 10.1. The van der Waals surface area contributed by atoms with Gasteiger partial charge in [0, 0.05) is 17.9 Å². The Labute approximate surface area is 101 Å². The zero-order valence-corrected chi connectivity index (χ0v) is 10.8. The Kier molecular flexibility index (Phi) is 5.49. The van der Waals surface area contributed by atoms with Gasteiger partial charge >= 0.3 is 0 Å². The number of hydrogen-bond donors (Lipinski definition) is 1. The molecule has 0 aliphatic carbocycles. The highest BCUT2D eigenvalue weighted by Crippen LogP contribution is 2.26. The van der Waals surface area contributed by atoms with Gasteiger partial charge in [-0.05, 0) is 23.4 Å². The van der Waals surface area contributed by atoms with E-state index in [-0.39, 0.29) is 6.04 Å². The largest absolute Gasteiger partial charge is 0.497 e. The smallest absolute Gasteiger partial charge is 0.122 e. The molecular formula is C12H19NO2S. The molecule has 0 aromatic heterocycles. The fourth-order valence-electron chi connectivity index (χ4n) is 1.38. The number of thioether (sulfide) groups is 1. The standard InChI is InChI=1S/C12H19NO2S/c1-4-16-8-12(13)9-5-10(14-2)7-11(6-9)15-3/h5-7,12H,4,8,13H2,1-3H3. The van der Waals surface area contributed by atoms with Crippen molar-refractivity contribution in [1.29, 1.82) is 0 Å². The molecule has 0 saturated carbocycles. The summed E-state index contributed by atoms with van der Waals surface area (Å²) >= 11 is 1.83. The van der Waals surface area contributed by atoms with Crippen LogP contribution in [0.15, 0.2) is 18.2 Å².